The van der Waals surface area contributed by atoms with E-state index in [1.165, 1.54) is 83.5 Å². The molecule has 0 aliphatic carbocycles. The van der Waals surface area contributed by atoms with Crippen LogP contribution in [0.1, 0.15) is 104 Å². The summed E-state index contributed by atoms with van der Waals surface area (Å²) in [6.45, 7) is 4.18. The first-order valence-corrected chi connectivity index (χ1v) is 8.63. The van der Waals surface area contributed by atoms with Gasteiger partial charge in [0.25, 0.3) is 0 Å². The average molecular weight is 269 g/mol. The molecule has 0 saturated heterocycles. The Kier molecular flexibility index (Phi) is 15.3. The van der Waals surface area contributed by atoms with Crippen LogP contribution in [0.15, 0.2) is 5.18 Å². The van der Waals surface area contributed by atoms with Gasteiger partial charge in [-0.25, -0.2) is 0 Å². The van der Waals surface area contributed by atoms with E-state index in [0.717, 1.165) is 6.42 Å². The van der Waals surface area contributed by atoms with Crippen molar-refractivity contribution in [1.82, 2.24) is 0 Å². The zero-order valence-corrected chi connectivity index (χ0v) is 13.3. The van der Waals surface area contributed by atoms with Crippen molar-refractivity contribution in [3.05, 3.63) is 4.91 Å². The second kappa shape index (κ2) is 15.7. The van der Waals surface area contributed by atoms with Gasteiger partial charge in [0.15, 0.2) is 0 Å². The van der Waals surface area contributed by atoms with Crippen LogP contribution in [0.5, 0.6) is 0 Å². The Labute approximate surface area is 120 Å². The molecule has 0 heterocycles. The van der Waals surface area contributed by atoms with Gasteiger partial charge < -0.3 is 0 Å². The first kappa shape index (κ1) is 18.6. The van der Waals surface area contributed by atoms with E-state index < -0.39 is 0 Å². The lowest BCUT2D eigenvalue weighted by atomic mass is 10.0. The maximum absolute atomic E-state index is 10.2. The fourth-order valence-electron chi connectivity index (χ4n) is 2.51. The number of hydrogen-bond acceptors (Lipinski definition) is 2. The predicted molar refractivity (Wildman–Crippen MR) is 85.6 cm³/mol. The molecule has 0 aliphatic heterocycles. The third-order valence-corrected chi connectivity index (χ3v) is 3.91. The van der Waals surface area contributed by atoms with Crippen molar-refractivity contribution < 1.29 is 0 Å². The second-order valence-corrected chi connectivity index (χ2v) is 5.99. The van der Waals surface area contributed by atoms with Gasteiger partial charge in [0.2, 0.25) is 0 Å². The predicted octanol–water partition coefficient (Wildman–Crippen LogP) is 6.62. The standard InChI is InChI=1S/C17H35NO/c1-3-4-5-6-7-8-9-10-11-12-13-14-15-16-17(2)18-19/h17H,3-16H2,1-2H3. The van der Waals surface area contributed by atoms with Gasteiger partial charge in [-0.1, -0.05) is 95.6 Å². The van der Waals surface area contributed by atoms with Crippen LogP contribution >= 0.6 is 0 Å². The monoisotopic (exact) mass is 269 g/mol. The van der Waals surface area contributed by atoms with Crippen LogP contribution in [-0.4, -0.2) is 6.04 Å². The molecule has 0 N–H and O–H groups in total. The molecule has 0 rings (SSSR count). The Hall–Kier alpha value is -0.400. The van der Waals surface area contributed by atoms with E-state index in [9.17, 15) is 4.91 Å². The molecule has 0 spiro atoms. The molecule has 2 nitrogen and oxygen atoms in total. The second-order valence-electron chi connectivity index (χ2n) is 5.99. The van der Waals surface area contributed by atoms with Gasteiger partial charge in [0.05, 0.1) is 6.04 Å². The third-order valence-electron chi connectivity index (χ3n) is 3.91. The highest BCUT2D eigenvalue weighted by Gasteiger charge is 1.99. The van der Waals surface area contributed by atoms with Crippen molar-refractivity contribution in [3.8, 4) is 0 Å². The molecule has 0 fully saturated rings. The van der Waals surface area contributed by atoms with Crippen molar-refractivity contribution in [2.75, 3.05) is 0 Å². The summed E-state index contributed by atoms with van der Waals surface area (Å²) < 4.78 is 0. The van der Waals surface area contributed by atoms with Crippen molar-refractivity contribution in [1.29, 1.82) is 0 Å². The molecule has 1 unspecified atom stereocenters. The van der Waals surface area contributed by atoms with Crippen LogP contribution < -0.4 is 0 Å². The maximum atomic E-state index is 10.2. The van der Waals surface area contributed by atoms with Crippen molar-refractivity contribution >= 4 is 0 Å². The van der Waals surface area contributed by atoms with E-state index >= 15 is 0 Å². The van der Waals surface area contributed by atoms with Crippen LogP contribution in [0.2, 0.25) is 0 Å². The lowest BCUT2D eigenvalue weighted by Gasteiger charge is -2.04. The Balaban J connectivity index is 2.97. The summed E-state index contributed by atoms with van der Waals surface area (Å²) in [5, 5.41) is 3.03. The number of rotatable bonds is 15. The van der Waals surface area contributed by atoms with Crippen LogP contribution in [0.3, 0.4) is 0 Å². The van der Waals surface area contributed by atoms with Crippen molar-refractivity contribution in [3.63, 3.8) is 0 Å². The lowest BCUT2D eigenvalue weighted by Crippen LogP contribution is -1.95. The Morgan fingerprint density at radius 1 is 0.684 bits per heavy atom. The Bertz CT molecular complexity index is 182. The van der Waals surface area contributed by atoms with Crippen LogP contribution in [0.4, 0.5) is 0 Å². The highest BCUT2D eigenvalue weighted by molar-refractivity contribution is 4.58. The van der Waals surface area contributed by atoms with E-state index in [2.05, 4.69) is 12.1 Å². The molecule has 0 aromatic rings. The first-order chi connectivity index (χ1) is 9.31. The van der Waals surface area contributed by atoms with Crippen LogP contribution in [0, 0.1) is 4.91 Å². The van der Waals surface area contributed by atoms with Gasteiger partial charge in [-0.3, -0.25) is 0 Å². The van der Waals surface area contributed by atoms with E-state index in [1.54, 1.807) is 0 Å². The van der Waals surface area contributed by atoms with Crippen LogP contribution in [-0.2, 0) is 0 Å². The maximum Gasteiger partial charge on any atom is 0.0891 e. The largest absolute Gasteiger partial charge is 0.151 e. The summed E-state index contributed by atoms with van der Waals surface area (Å²) in [7, 11) is 0. The smallest absolute Gasteiger partial charge is 0.0891 e. The Morgan fingerprint density at radius 2 is 1.05 bits per heavy atom. The van der Waals surface area contributed by atoms with Gasteiger partial charge in [0, 0.05) is 0 Å². The summed E-state index contributed by atoms with van der Waals surface area (Å²) in [5.74, 6) is 0. The van der Waals surface area contributed by atoms with Crippen LogP contribution in [0.25, 0.3) is 0 Å². The van der Waals surface area contributed by atoms with E-state index in [4.69, 9.17) is 0 Å². The highest BCUT2D eigenvalue weighted by atomic mass is 16.3. The van der Waals surface area contributed by atoms with Gasteiger partial charge in [-0.05, 0) is 13.3 Å². The molecule has 0 bridgehead atoms. The molecule has 0 saturated carbocycles. The number of unbranched alkanes of at least 4 members (excludes halogenated alkanes) is 12. The summed E-state index contributed by atoms with van der Waals surface area (Å²) in [5.41, 5.74) is 0. The van der Waals surface area contributed by atoms with E-state index in [0.29, 0.717) is 0 Å². The molecule has 114 valence electrons. The van der Waals surface area contributed by atoms with Gasteiger partial charge in [0.1, 0.15) is 0 Å². The van der Waals surface area contributed by atoms with Gasteiger partial charge in [-0.15, -0.1) is 0 Å². The molecule has 0 aromatic carbocycles. The summed E-state index contributed by atoms with van der Waals surface area (Å²) in [6.07, 6.45) is 18.9. The van der Waals surface area contributed by atoms with Gasteiger partial charge in [-0.2, -0.15) is 4.91 Å². The normalized spacial score (nSPS) is 12.5. The lowest BCUT2D eigenvalue weighted by molar-refractivity contribution is 0.525. The summed E-state index contributed by atoms with van der Waals surface area (Å²) >= 11 is 0. The molecule has 1 atom stereocenters. The van der Waals surface area contributed by atoms with E-state index in [-0.39, 0.29) is 6.04 Å². The minimum absolute atomic E-state index is 0.0210. The fourth-order valence-corrected chi connectivity index (χ4v) is 2.51. The summed E-state index contributed by atoms with van der Waals surface area (Å²) in [4.78, 5) is 10.2. The first-order valence-electron chi connectivity index (χ1n) is 8.63. The SMILES string of the molecule is CCCCCCCCCCCCCCCC(C)N=O. The summed E-state index contributed by atoms with van der Waals surface area (Å²) in [6, 6.07) is 0.0210. The fraction of sp³-hybridized carbons (Fsp3) is 1.00. The van der Waals surface area contributed by atoms with Gasteiger partial charge >= 0.3 is 0 Å². The highest BCUT2D eigenvalue weighted by Crippen LogP contribution is 2.13. The molecule has 0 amide bonds. The Morgan fingerprint density at radius 3 is 1.42 bits per heavy atom. The molecule has 2 heteroatoms. The number of hydrogen-bond donors (Lipinski definition) is 0. The topological polar surface area (TPSA) is 29.4 Å². The number of nitrogens with zero attached hydrogens (tertiary/aromatic N) is 1. The van der Waals surface area contributed by atoms with Crippen molar-refractivity contribution in [2.24, 2.45) is 5.18 Å². The van der Waals surface area contributed by atoms with E-state index in [1.807, 2.05) is 6.92 Å². The molecule has 0 aromatic heterocycles. The molecular weight excluding hydrogens is 234 g/mol. The number of nitroso groups, excluding NO2 is 1. The third kappa shape index (κ3) is 15.5. The zero-order chi connectivity index (χ0) is 14.2. The molecular formula is C17H35NO. The molecule has 0 aliphatic rings. The molecule has 0 radical (unpaired) electrons. The zero-order valence-electron chi connectivity index (χ0n) is 13.3. The minimum Gasteiger partial charge on any atom is -0.151 e. The quantitative estimate of drug-likeness (QED) is 0.242. The van der Waals surface area contributed by atoms with Crippen molar-refractivity contribution in [2.45, 2.75) is 110 Å². The minimum atomic E-state index is 0.0210. The molecule has 19 heavy (non-hydrogen) atoms. The average Bonchev–Trinajstić information content (AvgIpc) is 2.43.